The Labute approximate surface area is 153 Å². The SMILES string of the molecule is CCN(CC)CCCNC(=O)CN(C)c1nnc(N2CCCC2=O)s1. The van der Waals surface area contributed by atoms with Crippen molar-refractivity contribution in [2.24, 2.45) is 0 Å². The summed E-state index contributed by atoms with van der Waals surface area (Å²) in [5.74, 6) is 0.0624. The highest BCUT2D eigenvalue weighted by Crippen LogP contribution is 2.29. The van der Waals surface area contributed by atoms with Crippen molar-refractivity contribution in [1.29, 1.82) is 0 Å². The third-order valence-electron chi connectivity index (χ3n) is 4.28. The Morgan fingerprint density at radius 1 is 1.32 bits per heavy atom. The molecule has 0 bridgehead atoms. The van der Waals surface area contributed by atoms with E-state index in [1.807, 2.05) is 7.05 Å². The van der Waals surface area contributed by atoms with E-state index in [0.29, 0.717) is 29.8 Å². The Bertz CT molecular complexity index is 575. The van der Waals surface area contributed by atoms with Crippen molar-refractivity contribution in [3.63, 3.8) is 0 Å². The van der Waals surface area contributed by atoms with Crippen LogP contribution < -0.4 is 15.1 Å². The zero-order valence-electron chi connectivity index (χ0n) is 15.3. The third kappa shape index (κ3) is 5.64. The van der Waals surface area contributed by atoms with Gasteiger partial charge in [-0.05, 0) is 32.5 Å². The summed E-state index contributed by atoms with van der Waals surface area (Å²) < 4.78 is 0. The number of amides is 2. The standard InChI is InChI=1S/C16H28N6O2S/c1-4-21(5-2)10-7-9-17-13(23)12-20(3)15-18-19-16(25-15)22-11-6-8-14(22)24/h4-12H2,1-3H3,(H,17,23). The van der Waals surface area contributed by atoms with Crippen LogP contribution in [0.15, 0.2) is 0 Å². The van der Waals surface area contributed by atoms with Gasteiger partial charge in [0.2, 0.25) is 22.1 Å². The van der Waals surface area contributed by atoms with E-state index in [1.54, 1.807) is 9.80 Å². The predicted octanol–water partition coefficient (Wildman–Crippen LogP) is 0.949. The molecule has 0 aromatic carbocycles. The fourth-order valence-corrected chi connectivity index (χ4v) is 3.58. The van der Waals surface area contributed by atoms with Gasteiger partial charge in [-0.2, -0.15) is 0 Å². The van der Waals surface area contributed by atoms with E-state index in [0.717, 1.165) is 32.5 Å². The number of carbonyl (C=O) groups is 2. The molecule has 0 aliphatic carbocycles. The minimum Gasteiger partial charge on any atom is -0.355 e. The minimum atomic E-state index is -0.0314. The Balaban J connectivity index is 1.74. The molecule has 1 aromatic rings. The molecule has 2 heterocycles. The van der Waals surface area contributed by atoms with E-state index in [9.17, 15) is 9.59 Å². The van der Waals surface area contributed by atoms with Crippen LogP contribution in [0.25, 0.3) is 0 Å². The molecule has 25 heavy (non-hydrogen) atoms. The van der Waals surface area contributed by atoms with Gasteiger partial charge >= 0.3 is 0 Å². The fraction of sp³-hybridized carbons (Fsp3) is 0.750. The van der Waals surface area contributed by atoms with Gasteiger partial charge in [-0.1, -0.05) is 25.2 Å². The summed E-state index contributed by atoms with van der Waals surface area (Å²) in [5, 5.41) is 12.4. The van der Waals surface area contributed by atoms with E-state index in [4.69, 9.17) is 0 Å². The number of anilines is 2. The number of aromatic nitrogens is 2. The van der Waals surface area contributed by atoms with Crippen LogP contribution in [0, 0.1) is 0 Å². The molecule has 1 aliphatic rings. The summed E-state index contributed by atoms with van der Waals surface area (Å²) in [4.78, 5) is 29.6. The van der Waals surface area contributed by atoms with E-state index in [-0.39, 0.29) is 18.4 Å². The lowest BCUT2D eigenvalue weighted by atomic mass is 10.3. The van der Waals surface area contributed by atoms with Crippen LogP contribution in [0.2, 0.25) is 0 Å². The maximum atomic E-state index is 12.1. The van der Waals surface area contributed by atoms with Crippen LogP contribution in [0.1, 0.15) is 33.1 Å². The van der Waals surface area contributed by atoms with Crippen molar-refractivity contribution >= 4 is 33.4 Å². The minimum absolute atomic E-state index is 0.0314. The average molecular weight is 369 g/mol. The number of nitrogens with one attached hydrogen (secondary N) is 1. The van der Waals surface area contributed by atoms with Gasteiger partial charge < -0.3 is 15.1 Å². The summed E-state index contributed by atoms with van der Waals surface area (Å²) in [5.41, 5.74) is 0. The van der Waals surface area contributed by atoms with Crippen LogP contribution in [-0.4, -0.2) is 73.2 Å². The zero-order valence-corrected chi connectivity index (χ0v) is 16.1. The molecule has 8 nitrogen and oxygen atoms in total. The largest absolute Gasteiger partial charge is 0.355 e. The van der Waals surface area contributed by atoms with Gasteiger partial charge in [0.25, 0.3) is 0 Å². The first-order chi connectivity index (χ1) is 12.0. The molecular weight excluding hydrogens is 340 g/mol. The zero-order chi connectivity index (χ0) is 18.2. The van der Waals surface area contributed by atoms with Crippen molar-refractivity contribution < 1.29 is 9.59 Å². The normalized spacial score (nSPS) is 14.4. The van der Waals surface area contributed by atoms with Gasteiger partial charge in [-0.3, -0.25) is 14.5 Å². The van der Waals surface area contributed by atoms with Crippen molar-refractivity contribution in [1.82, 2.24) is 20.4 Å². The Kier molecular flexibility index (Phi) is 7.57. The number of carbonyl (C=O) groups excluding carboxylic acids is 2. The smallest absolute Gasteiger partial charge is 0.239 e. The lowest BCUT2D eigenvalue weighted by Gasteiger charge is -2.18. The van der Waals surface area contributed by atoms with Crippen LogP contribution >= 0.6 is 11.3 Å². The second-order valence-electron chi connectivity index (χ2n) is 6.10. The van der Waals surface area contributed by atoms with E-state index in [1.165, 1.54) is 11.3 Å². The quantitative estimate of drug-likeness (QED) is 0.619. The van der Waals surface area contributed by atoms with Gasteiger partial charge in [-0.15, -0.1) is 10.2 Å². The van der Waals surface area contributed by atoms with Crippen molar-refractivity contribution in [3.8, 4) is 0 Å². The summed E-state index contributed by atoms with van der Waals surface area (Å²) in [7, 11) is 1.81. The highest BCUT2D eigenvalue weighted by Gasteiger charge is 2.25. The molecule has 2 amide bonds. The number of hydrogen-bond acceptors (Lipinski definition) is 7. The lowest BCUT2D eigenvalue weighted by Crippen LogP contribution is -2.36. The van der Waals surface area contributed by atoms with Crippen LogP contribution in [-0.2, 0) is 9.59 Å². The molecule has 140 valence electrons. The molecule has 1 saturated heterocycles. The van der Waals surface area contributed by atoms with Crippen molar-refractivity contribution in [2.75, 3.05) is 56.1 Å². The van der Waals surface area contributed by atoms with E-state index in [2.05, 4.69) is 34.3 Å². The highest BCUT2D eigenvalue weighted by atomic mass is 32.1. The highest BCUT2D eigenvalue weighted by molar-refractivity contribution is 7.19. The molecule has 2 rings (SSSR count). The summed E-state index contributed by atoms with van der Waals surface area (Å²) in [6.45, 7) is 8.95. The van der Waals surface area contributed by atoms with E-state index >= 15 is 0 Å². The number of nitrogens with zero attached hydrogens (tertiary/aromatic N) is 5. The third-order valence-corrected chi connectivity index (χ3v) is 5.34. The molecule has 0 unspecified atom stereocenters. The summed E-state index contributed by atoms with van der Waals surface area (Å²) in [6, 6.07) is 0. The molecule has 1 aliphatic heterocycles. The Morgan fingerprint density at radius 2 is 2.08 bits per heavy atom. The lowest BCUT2D eigenvalue weighted by molar-refractivity contribution is -0.119. The molecule has 1 aromatic heterocycles. The topological polar surface area (TPSA) is 81.7 Å². The average Bonchev–Trinajstić information content (AvgIpc) is 3.23. The van der Waals surface area contributed by atoms with Gasteiger partial charge in [0.1, 0.15) is 0 Å². The number of rotatable bonds is 10. The monoisotopic (exact) mass is 368 g/mol. The van der Waals surface area contributed by atoms with Gasteiger partial charge in [0.15, 0.2) is 0 Å². The van der Waals surface area contributed by atoms with Gasteiger partial charge in [-0.25, -0.2) is 0 Å². The molecule has 0 atom stereocenters. The maximum Gasteiger partial charge on any atom is 0.239 e. The van der Waals surface area contributed by atoms with Gasteiger partial charge in [0.05, 0.1) is 6.54 Å². The number of hydrogen-bond donors (Lipinski definition) is 1. The molecule has 0 spiro atoms. The van der Waals surface area contributed by atoms with Crippen LogP contribution in [0.4, 0.5) is 10.3 Å². The van der Waals surface area contributed by atoms with Crippen LogP contribution in [0.3, 0.4) is 0 Å². The fourth-order valence-electron chi connectivity index (χ4n) is 2.73. The molecule has 0 radical (unpaired) electrons. The Hall–Kier alpha value is -1.74. The predicted molar refractivity (Wildman–Crippen MR) is 100 cm³/mol. The second-order valence-corrected chi connectivity index (χ2v) is 7.04. The molecule has 0 saturated carbocycles. The number of likely N-dealkylation sites (N-methyl/N-ethyl adjacent to an activating group) is 1. The first kappa shape index (κ1) is 19.6. The molecule has 1 N–H and O–H groups in total. The molecule has 9 heteroatoms. The molecular formula is C16H28N6O2S. The summed E-state index contributed by atoms with van der Waals surface area (Å²) in [6.07, 6.45) is 2.37. The van der Waals surface area contributed by atoms with Crippen molar-refractivity contribution in [3.05, 3.63) is 0 Å². The second kappa shape index (κ2) is 9.67. The first-order valence-electron chi connectivity index (χ1n) is 8.89. The van der Waals surface area contributed by atoms with Crippen molar-refractivity contribution in [2.45, 2.75) is 33.1 Å². The van der Waals surface area contributed by atoms with Gasteiger partial charge in [0, 0.05) is 26.6 Å². The maximum absolute atomic E-state index is 12.1. The summed E-state index contributed by atoms with van der Waals surface area (Å²) >= 11 is 1.34. The first-order valence-corrected chi connectivity index (χ1v) is 9.70. The van der Waals surface area contributed by atoms with Crippen LogP contribution in [0.5, 0.6) is 0 Å². The molecule has 1 fully saturated rings. The Morgan fingerprint density at radius 3 is 2.72 bits per heavy atom. The van der Waals surface area contributed by atoms with E-state index < -0.39 is 0 Å².